The van der Waals surface area contributed by atoms with Crippen LogP contribution in [0.4, 0.5) is 0 Å². The minimum absolute atomic E-state index is 0.395. The lowest BCUT2D eigenvalue weighted by Gasteiger charge is -2.14. The number of fused-ring (bicyclic) bond motifs is 1. The van der Waals surface area contributed by atoms with Gasteiger partial charge in [-0.25, -0.2) is 4.79 Å². The molecule has 3 rings (SSSR count). The number of carbonyl (C=O) groups is 1. The van der Waals surface area contributed by atoms with E-state index in [0.717, 1.165) is 30.4 Å². The summed E-state index contributed by atoms with van der Waals surface area (Å²) in [6.07, 6.45) is 2.91. The molecule has 1 fully saturated rings. The van der Waals surface area contributed by atoms with Gasteiger partial charge in [-0.05, 0) is 36.6 Å². The van der Waals surface area contributed by atoms with E-state index in [1.54, 1.807) is 13.2 Å². The van der Waals surface area contributed by atoms with Gasteiger partial charge in [-0.1, -0.05) is 0 Å². The number of pyridine rings is 1. The van der Waals surface area contributed by atoms with Gasteiger partial charge < -0.3 is 14.8 Å². The topological polar surface area (TPSA) is 60.5 Å². The number of hydrogen-bond donors (Lipinski definition) is 1. The number of nitrogens with zero attached hydrogens (tertiary/aromatic N) is 1. The van der Waals surface area contributed by atoms with Crippen LogP contribution in [-0.2, 0) is 4.74 Å². The molecule has 1 aromatic heterocycles. The first-order valence-electron chi connectivity index (χ1n) is 7.00. The van der Waals surface area contributed by atoms with E-state index in [2.05, 4.69) is 10.3 Å². The lowest BCUT2D eigenvalue weighted by molar-refractivity contribution is 0.0597. The predicted octanol–water partition coefficient (Wildman–Crippen LogP) is 2.11. The van der Waals surface area contributed by atoms with Crippen LogP contribution in [-0.4, -0.2) is 38.3 Å². The fraction of sp³-hybridized carbons (Fsp3) is 0.375. The van der Waals surface area contributed by atoms with Crippen LogP contribution < -0.4 is 10.1 Å². The van der Waals surface area contributed by atoms with E-state index in [-0.39, 0.29) is 0 Å². The van der Waals surface area contributed by atoms with Crippen molar-refractivity contribution in [1.82, 2.24) is 10.3 Å². The van der Waals surface area contributed by atoms with Gasteiger partial charge in [-0.2, -0.15) is 0 Å². The summed E-state index contributed by atoms with van der Waals surface area (Å²) in [5, 5.41) is 4.36. The zero-order valence-electron chi connectivity index (χ0n) is 12.2. The minimum atomic E-state index is -0.395. The monoisotopic (exact) mass is 286 g/mol. The van der Waals surface area contributed by atoms with Gasteiger partial charge in [-0.3, -0.25) is 4.98 Å². The maximum absolute atomic E-state index is 11.9. The van der Waals surface area contributed by atoms with Crippen LogP contribution in [0.3, 0.4) is 0 Å². The molecule has 0 amide bonds. The Hall–Kier alpha value is -2.14. The molecule has 1 atom stereocenters. The Labute approximate surface area is 123 Å². The summed E-state index contributed by atoms with van der Waals surface area (Å²) >= 11 is 0. The molecule has 0 aliphatic carbocycles. The van der Waals surface area contributed by atoms with Gasteiger partial charge in [0.15, 0.2) is 0 Å². The van der Waals surface area contributed by atoms with Gasteiger partial charge in [0.25, 0.3) is 0 Å². The molecule has 1 saturated heterocycles. The van der Waals surface area contributed by atoms with Crippen molar-refractivity contribution in [2.24, 2.45) is 0 Å². The molecule has 1 aromatic carbocycles. The number of carbonyl (C=O) groups excluding carboxylic acids is 1. The zero-order valence-corrected chi connectivity index (χ0v) is 12.2. The maximum atomic E-state index is 11.9. The van der Waals surface area contributed by atoms with Gasteiger partial charge in [0.1, 0.15) is 11.3 Å². The summed E-state index contributed by atoms with van der Waals surface area (Å²) in [6, 6.07) is 5.67. The lowest BCUT2D eigenvalue weighted by atomic mass is 9.94. The van der Waals surface area contributed by atoms with E-state index in [1.165, 1.54) is 12.7 Å². The Kier molecular flexibility index (Phi) is 3.75. The summed E-state index contributed by atoms with van der Waals surface area (Å²) in [5.41, 5.74) is 2.49. The highest BCUT2D eigenvalue weighted by Gasteiger charge is 2.21. The van der Waals surface area contributed by atoms with Crippen molar-refractivity contribution in [2.45, 2.75) is 12.3 Å². The molecule has 0 radical (unpaired) electrons. The molecule has 2 aromatic rings. The Bertz CT molecular complexity index is 679. The highest BCUT2D eigenvalue weighted by atomic mass is 16.5. The van der Waals surface area contributed by atoms with Crippen molar-refractivity contribution < 1.29 is 14.3 Å². The van der Waals surface area contributed by atoms with E-state index < -0.39 is 5.97 Å². The molecule has 21 heavy (non-hydrogen) atoms. The molecule has 5 heteroatoms. The second-order valence-electron chi connectivity index (χ2n) is 5.15. The highest BCUT2D eigenvalue weighted by molar-refractivity contribution is 5.98. The fourth-order valence-corrected chi connectivity index (χ4v) is 2.91. The van der Waals surface area contributed by atoms with E-state index in [9.17, 15) is 4.79 Å². The molecule has 1 unspecified atom stereocenters. The maximum Gasteiger partial charge on any atom is 0.341 e. The summed E-state index contributed by atoms with van der Waals surface area (Å²) in [7, 11) is 2.91. The molecular formula is C16H18N2O3. The molecule has 1 N–H and O–H groups in total. The number of benzene rings is 1. The molecule has 0 spiro atoms. The Morgan fingerprint density at radius 3 is 2.90 bits per heavy atom. The van der Waals surface area contributed by atoms with Crippen molar-refractivity contribution >= 4 is 16.9 Å². The summed E-state index contributed by atoms with van der Waals surface area (Å²) in [6.45, 7) is 1.98. The third kappa shape index (κ3) is 2.45. The first-order chi connectivity index (χ1) is 10.2. The first-order valence-corrected chi connectivity index (χ1v) is 7.00. The third-order valence-corrected chi connectivity index (χ3v) is 4.00. The van der Waals surface area contributed by atoms with Gasteiger partial charge in [0.2, 0.25) is 0 Å². The second-order valence-corrected chi connectivity index (χ2v) is 5.15. The van der Waals surface area contributed by atoms with E-state index >= 15 is 0 Å². The number of ether oxygens (including phenoxy) is 2. The number of rotatable bonds is 3. The van der Waals surface area contributed by atoms with Crippen LogP contribution in [0.25, 0.3) is 10.9 Å². The van der Waals surface area contributed by atoms with Gasteiger partial charge in [0.05, 0.1) is 19.7 Å². The van der Waals surface area contributed by atoms with Gasteiger partial charge in [0, 0.05) is 24.2 Å². The van der Waals surface area contributed by atoms with Crippen molar-refractivity contribution in [2.75, 3.05) is 27.3 Å². The number of nitrogens with one attached hydrogen (secondary N) is 1. The average molecular weight is 286 g/mol. The van der Waals surface area contributed by atoms with E-state index in [4.69, 9.17) is 9.47 Å². The van der Waals surface area contributed by atoms with Crippen molar-refractivity contribution in [3.05, 3.63) is 35.5 Å². The molecule has 0 bridgehead atoms. The van der Waals surface area contributed by atoms with Gasteiger partial charge in [-0.15, -0.1) is 0 Å². The van der Waals surface area contributed by atoms with Crippen LogP contribution in [0.1, 0.15) is 28.3 Å². The van der Waals surface area contributed by atoms with Crippen molar-refractivity contribution in [3.8, 4) is 5.75 Å². The highest BCUT2D eigenvalue weighted by Crippen LogP contribution is 2.32. The quantitative estimate of drug-likeness (QED) is 0.876. The molecule has 1 aliphatic heterocycles. The Morgan fingerprint density at radius 1 is 1.38 bits per heavy atom. The van der Waals surface area contributed by atoms with Crippen LogP contribution in [0.15, 0.2) is 24.4 Å². The Balaban J connectivity index is 2.19. The van der Waals surface area contributed by atoms with Crippen LogP contribution >= 0.6 is 0 Å². The minimum Gasteiger partial charge on any atom is -0.496 e. The standard InChI is InChI=1S/C16H18N2O3/c1-20-15-8-14-12(7-13(15)16(19)21-2)11(4-6-18-14)10-3-5-17-9-10/h4,6-8,10,17H,3,5,9H2,1-2H3. The molecule has 0 saturated carbocycles. The van der Waals surface area contributed by atoms with Crippen LogP contribution in [0.5, 0.6) is 5.75 Å². The number of esters is 1. The van der Waals surface area contributed by atoms with E-state index in [0.29, 0.717) is 17.2 Å². The lowest BCUT2D eigenvalue weighted by Crippen LogP contribution is -2.09. The normalized spacial score (nSPS) is 17.9. The van der Waals surface area contributed by atoms with Crippen molar-refractivity contribution in [1.29, 1.82) is 0 Å². The largest absolute Gasteiger partial charge is 0.496 e. The fourth-order valence-electron chi connectivity index (χ4n) is 2.91. The van der Waals surface area contributed by atoms with Crippen LogP contribution in [0, 0.1) is 0 Å². The SMILES string of the molecule is COC(=O)c1cc2c(C3CCNC3)ccnc2cc1OC. The van der Waals surface area contributed by atoms with Crippen molar-refractivity contribution in [3.63, 3.8) is 0 Å². The molecule has 2 heterocycles. The summed E-state index contributed by atoms with van der Waals surface area (Å²) in [5.74, 6) is 0.547. The third-order valence-electron chi connectivity index (χ3n) is 4.00. The van der Waals surface area contributed by atoms with Crippen LogP contribution in [0.2, 0.25) is 0 Å². The zero-order chi connectivity index (χ0) is 14.8. The first kappa shape index (κ1) is 13.8. The summed E-state index contributed by atoms with van der Waals surface area (Å²) < 4.78 is 10.1. The second kappa shape index (κ2) is 5.69. The number of methoxy groups -OCH3 is 2. The molecular weight excluding hydrogens is 268 g/mol. The molecule has 5 nitrogen and oxygen atoms in total. The molecule has 110 valence electrons. The number of hydrogen-bond acceptors (Lipinski definition) is 5. The Morgan fingerprint density at radius 2 is 2.24 bits per heavy atom. The molecule has 1 aliphatic rings. The average Bonchev–Trinajstić information content (AvgIpc) is 3.06. The number of aromatic nitrogens is 1. The smallest absolute Gasteiger partial charge is 0.341 e. The van der Waals surface area contributed by atoms with E-state index in [1.807, 2.05) is 18.3 Å². The van der Waals surface area contributed by atoms with Gasteiger partial charge >= 0.3 is 5.97 Å². The predicted molar refractivity (Wildman–Crippen MR) is 79.9 cm³/mol. The summed E-state index contributed by atoms with van der Waals surface area (Å²) in [4.78, 5) is 16.3.